The number of hydrogen-bond donors (Lipinski definition) is 1. The van der Waals surface area contributed by atoms with E-state index in [0.717, 1.165) is 34.7 Å². The van der Waals surface area contributed by atoms with Crippen molar-refractivity contribution in [2.75, 3.05) is 18.4 Å². The molecule has 0 radical (unpaired) electrons. The highest BCUT2D eigenvalue weighted by atomic mass is 32.1. The van der Waals surface area contributed by atoms with E-state index in [4.69, 9.17) is 4.42 Å². The van der Waals surface area contributed by atoms with E-state index in [9.17, 15) is 9.59 Å². The maximum Gasteiger partial charge on any atom is 0.321 e. The number of hydrogen-bond acceptors (Lipinski definition) is 4. The van der Waals surface area contributed by atoms with Gasteiger partial charge in [-0.15, -0.1) is 11.3 Å². The molecule has 1 aromatic carbocycles. The fourth-order valence-corrected chi connectivity index (χ4v) is 5.01. The van der Waals surface area contributed by atoms with Gasteiger partial charge in [-0.25, -0.2) is 4.79 Å². The van der Waals surface area contributed by atoms with Crippen LogP contribution < -0.4 is 5.32 Å². The van der Waals surface area contributed by atoms with Crippen molar-refractivity contribution in [3.8, 4) is 0 Å². The molecule has 3 heterocycles. The zero-order valence-electron chi connectivity index (χ0n) is 18.5. The summed E-state index contributed by atoms with van der Waals surface area (Å²) < 4.78 is 5.51. The van der Waals surface area contributed by atoms with Crippen LogP contribution in [0.2, 0.25) is 0 Å². The van der Waals surface area contributed by atoms with Crippen molar-refractivity contribution in [3.05, 3.63) is 75.9 Å². The van der Waals surface area contributed by atoms with Crippen LogP contribution in [0.5, 0.6) is 0 Å². The van der Waals surface area contributed by atoms with Gasteiger partial charge in [0.1, 0.15) is 5.76 Å². The molecule has 2 aromatic heterocycles. The van der Waals surface area contributed by atoms with Gasteiger partial charge in [-0.1, -0.05) is 12.1 Å². The number of nitrogens with one attached hydrogen (secondary N) is 1. The molecule has 1 aliphatic rings. The van der Waals surface area contributed by atoms with Gasteiger partial charge in [0.15, 0.2) is 0 Å². The van der Waals surface area contributed by atoms with Crippen LogP contribution in [0.1, 0.15) is 33.9 Å². The number of rotatable bonds is 6. The van der Waals surface area contributed by atoms with Gasteiger partial charge < -0.3 is 19.5 Å². The first-order valence-electron chi connectivity index (χ1n) is 11.0. The molecule has 0 aliphatic carbocycles. The van der Waals surface area contributed by atoms with E-state index >= 15 is 0 Å². The minimum Gasteiger partial charge on any atom is -0.467 e. The number of thiophene rings is 1. The number of urea groups is 1. The Morgan fingerprint density at radius 2 is 2.03 bits per heavy atom. The molecule has 3 aromatic rings. The summed E-state index contributed by atoms with van der Waals surface area (Å²) in [5, 5.41) is 2.97. The number of carbonyl (C=O) groups excluding carboxylic acids is 2. The van der Waals surface area contributed by atoms with E-state index in [1.807, 2.05) is 48.2 Å². The zero-order valence-corrected chi connectivity index (χ0v) is 19.4. The fraction of sp³-hybridized carbons (Fsp3) is 0.360. The highest BCUT2D eigenvalue weighted by Crippen LogP contribution is 2.24. The lowest BCUT2D eigenvalue weighted by Crippen LogP contribution is -2.47. The Morgan fingerprint density at radius 1 is 1.16 bits per heavy atom. The molecule has 1 N–H and O–H groups in total. The lowest BCUT2D eigenvalue weighted by Gasteiger charge is -2.34. The highest BCUT2D eigenvalue weighted by molar-refractivity contribution is 7.11. The standard InChI is InChI=1S/C25H29N3O3S/c1-18-6-3-8-21(14-18)26-25(30)27-12-4-7-20(15-27)24(29)28(16-22-9-5-13-31-22)17-23-11-10-19(2)32-23/h3,5-6,8-11,13-14,20H,4,7,12,15-17H2,1-2H3,(H,26,30). The number of anilines is 1. The summed E-state index contributed by atoms with van der Waals surface area (Å²) in [5.74, 6) is 0.611. The van der Waals surface area contributed by atoms with Crippen LogP contribution in [-0.4, -0.2) is 34.8 Å². The summed E-state index contributed by atoms with van der Waals surface area (Å²) in [6.07, 6.45) is 3.22. The molecule has 1 aliphatic heterocycles. The molecule has 7 heteroatoms. The second-order valence-corrected chi connectivity index (χ2v) is 9.74. The Hall–Kier alpha value is -3.06. The quantitative estimate of drug-likeness (QED) is 0.543. The van der Waals surface area contributed by atoms with Gasteiger partial charge in [0, 0.05) is 28.5 Å². The summed E-state index contributed by atoms with van der Waals surface area (Å²) in [4.78, 5) is 32.4. The number of aryl methyl sites for hydroxylation is 2. The van der Waals surface area contributed by atoms with E-state index in [1.165, 1.54) is 4.88 Å². The highest BCUT2D eigenvalue weighted by Gasteiger charge is 2.32. The van der Waals surface area contributed by atoms with Crippen molar-refractivity contribution in [2.24, 2.45) is 5.92 Å². The Morgan fingerprint density at radius 3 is 2.75 bits per heavy atom. The molecule has 6 nitrogen and oxygen atoms in total. The molecule has 168 valence electrons. The van der Waals surface area contributed by atoms with E-state index in [2.05, 4.69) is 24.4 Å². The smallest absolute Gasteiger partial charge is 0.321 e. The fourth-order valence-electron chi connectivity index (χ4n) is 4.11. The van der Waals surface area contributed by atoms with Gasteiger partial charge in [0.25, 0.3) is 0 Å². The Balaban J connectivity index is 1.44. The van der Waals surface area contributed by atoms with E-state index in [0.29, 0.717) is 26.2 Å². The van der Waals surface area contributed by atoms with Crippen molar-refractivity contribution in [3.63, 3.8) is 0 Å². The van der Waals surface area contributed by atoms with Gasteiger partial charge in [0.2, 0.25) is 5.91 Å². The maximum absolute atomic E-state index is 13.5. The van der Waals surface area contributed by atoms with Gasteiger partial charge in [-0.05, 0) is 68.7 Å². The van der Waals surface area contributed by atoms with E-state index in [-0.39, 0.29) is 17.9 Å². The van der Waals surface area contributed by atoms with Crippen LogP contribution in [0, 0.1) is 19.8 Å². The molecular weight excluding hydrogens is 422 g/mol. The predicted octanol–water partition coefficient (Wildman–Crippen LogP) is 5.43. The summed E-state index contributed by atoms with van der Waals surface area (Å²) in [5.41, 5.74) is 1.86. The largest absolute Gasteiger partial charge is 0.467 e. The van der Waals surface area contributed by atoms with E-state index < -0.39 is 0 Å². The second-order valence-electron chi connectivity index (χ2n) is 8.37. The van der Waals surface area contributed by atoms with Crippen LogP contribution in [0.4, 0.5) is 10.5 Å². The molecule has 0 saturated carbocycles. The summed E-state index contributed by atoms with van der Waals surface area (Å²) in [6.45, 7) is 6.11. The normalized spacial score (nSPS) is 16.1. The number of likely N-dealkylation sites (tertiary alicyclic amines) is 1. The molecule has 1 saturated heterocycles. The molecule has 3 amide bonds. The number of benzene rings is 1. The SMILES string of the molecule is Cc1cccc(NC(=O)N2CCCC(C(=O)N(Cc3ccco3)Cc3ccc(C)s3)C2)c1. The van der Waals surface area contributed by atoms with Crippen LogP contribution in [0.15, 0.2) is 59.2 Å². The predicted molar refractivity (Wildman–Crippen MR) is 127 cm³/mol. The number of amides is 3. The summed E-state index contributed by atoms with van der Waals surface area (Å²) in [7, 11) is 0. The number of furan rings is 1. The maximum atomic E-state index is 13.5. The van der Waals surface area contributed by atoms with Crippen LogP contribution in [0.25, 0.3) is 0 Å². The third kappa shape index (κ3) is 5.59. The van der Waals surface area contributed by atoms with Crippen molar-refractivity contribution >= 4 is 29.0 Å². The van der Waals surface area contributed by atoms with Crippen LogP contribution in [-0.2, 0) is 17.9 Å². The van der Waals surface area contributed by atoms with Crippen LogP contribution >= 0.6 is 11.3 Å². The van der Waals surface area contributed by atoms with Gasteiger partial charge in [0.05, 0.1) is 25.3 Å². The molecule has 1 unspecified atom stereocenters. The van der Waals surface area contributed by atoms with Crippen molar-refractivity contribution in [1.29, 1.82) is 0 Å². The third-order valence-corrected chi connectivity index (χ3v) is 6.69. The first kappa shape index (κ1) is 22.1. The molecule has 4 rings (SSSR count). The monoisotopic (exact) mass is 451 g/mol. The topological polar surface area (TPSA) is 65.8 Å². The second kappa shape index (κ2) is 10.0. The lowest BCUT2D eigenvalue weighted by atomic mass is 9.96. The lowest BCUT2D eigenvalue weighted by molar-refractivity contribution is -0.138. The molecule has 1 atom stereocenters. The first-order chi connectivity index (χ1) is 15.5. The molecule has 1 fully saturated rings. The first-order valence-corrected chi connectivity index (χ1v) is 11.8. The van der Waals surface area contributed by atoms with Gasteiger partial charge >= 0.3 is 6.03 Å². The average Bonchev–Trinajstić information content (AvgIpc) is 3.44. The van der Waals surface area contributed by atoms with Crippen molar-refractivity contribution in [2.45, 2.75) is 39.8 Å². The van der Waals surface area contributed by atoms with Crippen LogP contribution in [0.3, 0.4) is 0 Å². The Labute approximate surface area is 192 Å². The minimum atomic E-state index is -0.219. The third-order valence-electron chi connectivity index (χ3n) is 5.71. The zero-order chi connectivity index (χ0) is 22.5. The molecule has 32 heavy (non-hydrogen) atoms. The van der Waals surface area contributed by atoms with Gasteiger partial charge in [-0.2, -0.15) is 0 Å². The van der Waals surface area contributed by atoms with Gasteiger partial charge in [-0.3, -0.25) is 4.79 Å². The Bertz CT molecular complexity index is 1060. The van der Waals surface area contributed by atoms with Crippen molar-refractivity contribution in [1.82, 2.24) is 9.80 Å². The van der Waals surface area contributed by atoms with Crippen molar-refractivity contribution < 1.29 is 14.0 Å². The Kier molecular flexibility index (Phi) is 6.95. The minimum absolute atomic E-state index is 0.0699. The number of carbonyl (C=O) groups is 2. The summed E-state index contributed by atoms with van der Waals surface area (Å²) >= 11 is 1.70. The number of piperidine rings is 1. The average molecular weight is 452 g/mol. The number of nitrogens with zero attached hydrogens (tertiary/aromatic N) is 2. The van der Waals surface area contributed by atoms with E-state index in [1.54, 1.807) is 22.5 Å². The molecule has 0 spiro atoms. The molecular formula is C25H29N3O3S. The molecule has 0 bridgehead atoms. The summed E-state index contributed by atoms with van der Waals surface area (Å²) in [6, 6.07) is 15.5.